The van der Waals surface area contributed by atoms with E-state index in [2.05, 4.69) is 0 Å². The summed E-state index contributed by atoms with van der Waals surface area (Å²) in [5.74, 6) is -0.915. The van der Waals surface area contributed by atoms with Gasteiger partial charge in [-0.1, -0.05) is 18.2 Å². The Kier molecular flexibility index (Phi) is 4.61. The number of amides is 2. The maximum Gasteiger partial charge on any atom is 0.326 e. The van der Waals surface area contributed by atoms with Crippen LogP contribution in [0.3, 0.4) is 0 Å². The zero-order valence-corrected chi connectivity index (χ0v) is 11.7. The van der Waals surface area contributed by atoms with E-state index in [0.717, 1.165) is 18.5 Å². The Hall–Kier alpha value is -2.04. The first kappa shape index (κ1) is 14.4. The first-order valence-electron chi connectivity index (χ1n) is 7.01. The Morgan fingerprint density at radius 1 is 1.30 bits per heavy atom. The molecular weight excluding hydrogens is 256 g/mol. The number of carbonyl (C=O) groups excluding carboxylic acids is 1. The molecule has 0 radical (unpaired) electrons. The number of hydrogen-bond donors (Lipinski definition) is 1. The molecule has 1 heterocycles. The van der Waals surface area contributed by atoms with E-state index >= 15 is 0 Å². The lowest BCUT2D eigenvalue weighted by Gasteiger charge is -2.36. The summed E-state index contributed by atoms with van der Waals surface area (Å²) in [6, 6.07) is 8.44. The number of benzene rings is 1. The van der Waals surface area contributed by atoms with E-state index in [0.29, 0.717) is 19.5 Å². The quantitative estimate of drug-likeness (QED) is 0.923. The molecule has 2 rings (SSSR count). The molecule has 1 atom stereocenters. The number of para-hydroxylation sites is 1. The van der Waals surface area contributed by atoms with Gasteiger partial charge in [-0.25, -0.2) is 9.59 Å². The van der Waals surface area contributed by atoms with Crippen LogP contribution in [0, 0.1) is 0 Å². The van der Waals surface area contributed by atoms with Gasteiger partial charge in [0.1, 0.15) is 6.04 Å². The minimum atomic E-state index is -0.915. The summed E-state index contributed by atoms with van der Waals surface area (Å²) in [6.45, 7) is 2.93. The predicted molar refractivity (Wildman–Crippen MR) is 76.8 cm³/mol. The molecule has 1 fully saturated rings. The fourth-order valence-corrected chi connectivity index (χ4v) is 2.61. The van der Waals surface area contributed by atoms with Crippen molar-refractivity contribution in [1.29, 1.82) is 0 Å². The maximum absolute atomic E-state index is 12.6. The molecule has 1 saturated heterocycles. The van der Waals surface area contributed by atoms with Crippen molar-refractivity contribution in [1.82, 2.24) is 4.90 Å². The minimum absolute atomic E-state index is 0.217. The van der Waals surface area contributed by atoms with Gasteiger partial charge in [0.25, 0.3) is 0 Å². The molecule has 0 aromatic heterocycles. The van der Waals surface area contributed by atoms with E-state index in [1.165, 1.54) is 4.90 Å². The van der Waals surface area contributed by atoms with Crippen LogP contribution >= 0.6 is 0 Å². The molecule has 1 aromatic carbocycles. The number of carbonyl (C=O) groups is 2. The molecule has 5 heteroatoms. The predicted octanol–water partition coefficient (Wildman–Crippen LogP) is 2.57. The van der Waals surface area contributed by atoms with E-state index < -0.39 is 12.0 Å². The number of nitrogens with zero attached hydrogens (tertiary/aromatic N) is 2. The molecule has 1 aromatic rings. The van der Waals surface area contributed by atoms with E-state index in [9.17, 15) is 14.7 Å². The lowest BCUT2D eigenvalue weighted by atomic mass is 10.0. The van der Waals surface area contributed by atoms with Gasteiger partial charge in [-0.05, 0) is 38.3 Å². The molecule has 1 aliphatic heterocycles. The van der Waals surface area contributed by atoms with Crippen LogP contribution in [0.4, 0.5) is 10.5 Å². The second-order valence-corrected chi connectivity index (χ2v) is 4.91. The van der Waals surface area contributed by atoms with Crippen LogP contribution in [-0.2, 0) is 4.79 Å². The zero-order valence-electron chi connectivity index (χ0n) is 11.7. The Labute approximate surface area is 118 Å². The number of likely N-dealkylation sites (tertiary alicyclic amines) is 1. The molecule has 108 valence electrons. The summed E-state index contributed by atoms with van der Waals surface area (Å²) < 4.78 is 0. The molecule has 0 aliphatic carbocycles. The maximum atomic E-state index is 12.6. The van der Waals surface area contributed by atoms with Gasteiger partial charge in [-0.15, -0.1) is 0 Å². The Morgan fingerprint density at radius 3 is 2.60 bits per heavy atom. The standard InChI is InChI=1S/C15H20N2O3/c1-2-16(12-8-4-3-5-9-12)15(20)17-11-7-6-10-13(17)14(18)19/h3-5,8-9,13H,2,6-7,10-11H2,1H3,(H,18,19). The number of carboxylic acids is 1. The number of carboxylic acid groups (broad SMARTS) is 1. The monoisotopic (exact) mass is 276 g/mol. The van der Waals surface area contributed by atoms with Gasteiger partial charge in [0.05, 0.1) is 0 Å². The summed E-state index contributed by atoms with van der Waals surface area (Å²) in [5.41, 5.74) is 0.801. The van der Waals surface area contributed by atoms with E-state index in [4.69, 9.17) is 0 Å². The number of hydrogen-bond acceptors (Lipinski definition) is 2. The molecule has 0 bridgehead atoms. The largest absolute Gasteiger partial charge is 0.480 e. The molecule has 1 aliphatic rings. The van der Waals surface area contributed by atoms with Crippen molar-refractivity contribution < 1.29 is 14.7 Å². The molecule has 0 spiro atoms. The number of anilines is 1. The van der Waals surface area contributed by atoms with Crippen molar-refractivity contribution in [2.45, 2.75) is 32.2 Å². The molecule has 1 N–H and O–H groups in total. The van der Waals surface area contributed by atoms with E-state index in [-0.39, 0.29) is 6.03 Å². The van der Waals surface area contributed by atoms with Crippen molar-refractivity contribution in [2.24, 2.45) is 0 Å². The van der Waals surface area contributed by atoms with Crippen LogP contribution in [0.15, 0.2) is 30.3 Å². The molecule has 0 saturated carbocycles. The highest BCUT2D eigenvalue weighted by Crippen LogP contribution is 2.22. The Morgan fingerprint density at radius 2 is 2.00 bits per heavy atom. The lowest BCUT2D eigenvalue weighted by molar-refractivity contribution is -0.143. The van der Waals surface area contributed by atoms with Crippen molar-refractivity contribution in [2.75, 3.05) is 18.0 Å². The second kappa shape index (κ2) is 6.41. The van der Waals surface area contributed by atoms with Gasteiger partial charge in [-0.2, -0.15) is 0 Å². The summed E-state index contributed by atoms with van der Waals surface area (Å²) in [6.07, 6.45) is 2.26. The van der Waals surface area contributed by atoms with Gasteiger partial charge < -0.3 is 10.0 Å². The summed E-state index contributed by atoms with van der Waals surface area (Å²) in [7, 11) is 0. The topological polar surface area (TPSA) is 60.9 Å². The minimum Gasteiger partial charge on any atom is -0.480 e. The number of aliphatic carboxylic acids is 1. The molecule has 2 amide bonds. The molecule has 1 unspecified atom stereocenters. The highest BCUT2D eigenvalue weighted by atomic mass is 16.4. The van der Waals surface area contributed by atoms with Crippen molar-refractivity contribution in [3.8, 4) is 0 Å². The first-order valence-corrected chi connectivity index (χ1v) is 7.01. The number of urea groups is 1. The van der Waals surface area contributed by atoms with Gasteiger partial charge in [0.15, 0.2) is 0 Å². The lowest BCUT2D eigenvalue weighted by Crippen LogP contribution is -2.53. The van der Waals surface area contributed by atoms with Crippen LogP contribution in [0.25, 0.3) is 0 Å². The van der Waals surface area contributed by atoms with Crippen molar-refractivity contribution in [3.05, 3.63) is 30.3 Å². The highest BCUT2D eigenvalue weighted by Gasteiger charge is 2.34. The average molecular weight is 276 g/mol. The van der Waals surface area contributed by atoms with E-state index in [1.54, 1.807) is 4.90 Å². The van der Waals surface area contributed by atoms with Crippen molar-refractivity contribution in [3.63, 3.8) is 0 Å². The number of rotatable bonds is 3. The smallest absolute Gasteiger partial charge is 0.326 e. The number of piperidine rings is 1. The normalized spacial score (nSPS) is 18.6. The second-order valence-electron chi connectivity index (χ2n) is 4.91. The Balaban J connectivity index is 2.21. The van der Waals surface area contributed by atoms with Crippen LogP contribution in [0.1, 0.15) is 26.2 Å². The van der Waals surface area contributed by atoms with Crippen LogP contribution in [-0.4, -0.2) is 41.1 Å². The zero-order chi connectivity index (χ0) is 14.5. The van der Waals surface area contributed by atoms with Gasteiger partial charge in [-0.3, -0.25) is 4.90 Å². The Bertz CT molecular complexity index is 475. The van der Waals surface area contributed by atoms with Gasteiger partial charge >= 0.3 is 12.0 Å². The third-order valence-electron chi connectivity index (χ3n) is 3.65. The fraction of sp³-hybridized carbons (Fsp3) is 0.467. The van der Waals surface area contributed by atoms with Crippen LogP contribution in [0.5, 0.6) is 0 Å². The fourth-order valence-electron chi connectivity index (χ4n) is 2.61. The third-order valence-corrected chi connectivity index (χ3v) is 3.65. The van der Waals surface area contributed by atoms with E-state index in [1.807, 2.05) is 37.3 Å². The van der Waals surface area contributed by atoms with Crippen molar-refractivity contribution >= 4 is 17.7 Å². The molecular formula is C15H20N2O3. The first-order chi connectivity index (χ1) is 9.65. The summed E-state index contributed by atoms with van der Waals surface area (Å²) in [4.78, 5) is 27.1. The van der Waals surface area contributed by atoms with Gasteiger partial charge in [0, 0.05) is 18.8 Å². The average Bonchev–Trinajstić information content (AvgIpc) is 2.49. The van der Waals surface area contributed by atoms with Crippen LogP contribution < -0.4 is 4.90 Å². The van der Waals surface area contributed by atoms with Gasteiger partial charge in [0.2, 0.25) is 0 Å². The molecule has 20 heavy (non-hydrogen) atoms. The SMILES string of the molecule is CCN(C(=O)N1CCCCC1C(=O)O)c1ccccc1. The third kappa shape index (κ3) is 2.92. The highest BCUT2D eigenvalue weighted by molar-refractivity contribution is 5.94. The van der Waals surface area contributed by atoms with Crippen LogP contribution in [0.2, 0.25) is 0 Å². The molecule has 5 nitrogen and oxygen atoms in total. The summed E-state index contributed by atoms with van der Waals surface area (Å²) >= 11 is 0. The summed E-state index contributed by atoms with van der Waals surface area (Å²) in [5, 5.41) is 9.27.